The molecule has 0 heterocycles. The minimum absolute atomic E-state index is 0.172. The molecule has 1 aliphatic rings. The summed E-state index contributed by atoms with van der Waals surface area (Å²) in [5.74, 6) is 0.884. The van der Waals surface area contributed by atoms with Crippen LogP contribution in [0.5, 0.6) is 0 Å². The summed E-state index contributed by atoms with van der Waals surface area (Å²) >= 11 is 0. The van der Waals surface area contributed by atoms with E-state index in [1.54, 1.807) is 0 Å². The maximum absolute atomic E-state index is 6.82. The van der Waals surface area contributed by atoms with Crippen molar-refractivity contribution in [3.05, 3.63) is 0 Å². The third kappa shape index (κ3) is 3.36. The molecule has 0 aromatic carbocycles. The number of hydrogen-bond acceptors (Lipinski definition) is 3. The van der Waals surface area contributed by atoms with Crippen LogP contribution in [0.4, 0.5) is 0 Å². The summed E-state index contributed by atoms with van der Waals surface area (Å²) in [4.78, 5) is 0. The third-order valence-corrected chi connectivity index (χ3v) is 2.20. The summed E-state index contributed by atoms with van der Waals surface area (Å²) in [5.41, 5.74) is 6.44. The van der Waals surface area contributed by atoms with Crippen molar-refractivity contribution >= 4 is 17.8 Å². The Kier molecular flexibility index (Phi) is 3.61. The second-order valence-corrected chi connectivity index (χ2v) is 3.54. The zero-order chi connectivity index (χ0) is 9.68. The summed E-state index contributed by atoms with van der Waals surface area (Å²) < 4.78 is 0. The number of nitrogens with two attached hydrogens (primary N) is 1. The molecule has 0 amide bonds. The standard InChI is InChI=1S/C9H16N4/c1-7-3-2-4-8(5-7)12-13-9(11)6-10/h6-7,10H,2-5H2,1H3,(H2,11,13)/b10-6?,12-8+. The van der Waals surface area contributed by atoms with Crippen molar-refractivity contribution in [2.24, 2.45) is 21.9 Å². The van der Waals surface area contributed by atoms with Crippen molar-refractivity contribution in [1.29, 1.82) is 5.41 Å². The van der Waals surface area contributed by atoms with Gasteiger partial charge in [0.15, 0.2) is 5.84 Å². The van der Waals surface area contributed by atoms with Crippen LogP contribution in [-0.4, -0.2) is 17.8 Å². The molecule has 3 N–H and O–H groups in total. The van der Waals surface area contributed by atoms with Gasteiger partial charge in [0.25, 0.3) is 0 Å². The lowest BCUT2D eigenvalue weighted by Crippen LogP contribution is -2.14. The van der Waals surface area contributed by atoms with Crippen LogP contribution in [0.1, 0.15) is 32.6 Å². The zero-order valence-corrected chi connectivity index (χ0v) is 7.95. The van der Waals surface area contributed by atoms with Gasteiger partial charge in [0, 0.05) is 5.71 Å². The largest absolute Gasteiger partial charge is 0.381 e. The predicted molar refractivity (Wildman–Crippen MR) is 55.5 cm³/mol. The molecule has 0 radical (unpaired) electrons. The minimum Gasteiger partial charge on any atom is -0.381 e. The topological polar surface area (TPSA) is 74.6 Å². The molecule has 0 saturated heterocycles. The lowest BCUT2D eigenvalue weighted by atomic mass is 9.89. The Labute approximate surface area is 78.4 Å². The monoisotopic (exact) mass is 180 g/mol. The number of amidine groups is 1. The van der Waals surface area contributed by atoms with Gasteiger partial charge in [0.05, 0.1) is 6.21 Å². The normalized spacial score (nSPS) is 27.6. The molecule has 0 aromatic heterocycles. The van der Waals surface area contributed by atoms with Crippen LogP contribution in [0.15, 0.2) is 10.2 Å². The van der Waals surface area contributed by atoms with Crippen molar-refractivity contribution in [1.82, 2.24) is 0 Å². The summed E-state index contributed by atoms with van der Waals surface area (Å²) in [6.45, 7) is 2.22. The molecule has 72 valence electrons. The Bertz CT molecular complexity index is 242. The SMILES string of the molecule is CC1CCC/C(=N\N=C(/N)C=N)C1. The van der Waals surface area contributed by atoms with E-state index >= 15 is 0 Å². The number of hydrogen-bond donors (Lipinski definition) is 2. The van der Waals surface area contributed by atoms with Gasteiger partial charge < -0.3 is 11.1 Å². The predicted octanol–water partition coefficient (Wildman–Crippen LogP) is 1.56. The van der Waals surface area contributed by atoms with Crippen LogP contribution in [0, 0.1) is 11.3 Å². The van der Waals surface area contributed by atoms with Gasteiger partial charge in [-0.15, -0.1) is 5.10 Å². The van der Waals surface area contributed by atoms with E-state index in [1.165, 1.54) is 12.8 Å². The van der Waals surface area contributed by atoms with Crippen LogP contribution in [0.25, 0.3) is 0 Å². The molecular weight excluding hydrogens is 164 g/mol. The van der Waals surface area contributed by atoms with E-state index in [0.29, 0.717) is 5.92 Å². The molecule has 0 spiro atoms. The van der Waals surface area contributed by atoms with E-state index in [1.807, 2.05) is 0 Å². The van der Waals surface area contributed by atoms with Gasteiger partial charge in [-0.05, 0) is 31.6 Å². The molecule has 4 heteroatoms. The average molecular weight is 180 g/mol. The maximum Gasteiger partial charge on any atom is 0.163 e. The molecule has 1 rings (SSSR count). The fourth-order valence-corrected chi connectivity index (χ4v) is 1.51. The number of rotatable bonds is 2. The molecule has 4 nitrogen and oxygen atoms in total. The van der Waals surface area contributed by atoms with Crippen LogP contribution in [-0.2, 0) is 0 Å². The molecule has 1 atom stereocenters. The van der Waals surface area contributed by atoms with E-state index in [9.17, 15) is 0 Å². The fraction of sp³-hybridized carbons (Fsp3) is 0.667. The highest BCUT2D eigenvalue weighted by molar-refractivity contribution is 6.27. The van der Waals surface area contributed by atoms with Crippen molar-refractivity contribution in [2.45, 2.75) is 32.6 Å². The Morgan fingerprint density at radius 2 is 2.46 bits per heavy atom. The Hall–Kier alpha value is -1.19. The van der Waals surface area contributed by atoms with Crippen molar-refractivity contribution in [3.8, 4) is 0 Å². The van der Waals surface area contributed by atoms with Gasteiger partial charge in [0.2, 0.25) is 0 Å². The van der Waals surface area contributed by atoms with Crippen molar-refractivity contribution in [3.63, 3.8) is 0 Å². The summed E-state index contributed by atoms with van der Waals surface area (Å²) in [5, 5.41) is 14.6. The first kappa shape index (κ1) is 9.89. The van der Waals surface area contributed by atoms with Gasteiger partial charge >= 0.3 is 0 Å². The Balaban J connectivity index is 2.55. The number of nitrogens with zero attached hydrogens (tertiary/aromatic N) is 2. The van der Waals surface area contributed by atoms with Crippen molar-refractivity contribution < 1.29 is 0 Å². The molecule has 1 aliphatic carbocycles. The first-order chi connectivity index (χ1) is 6.22. The van der Waals surface area contributed by atoms with Gasteiger partial charge in [-0.2, -0.15) is 5.10 Å². The molecule has 0 aliphatic heterocycles. The van der Waals surface area contributed by atoms with Gasteiger partial charge in [0.1, 0.15) is 0 Å². The molecule has 1 fully saturated rings. The minimum atomic E-state index is 0.172. The molecular formula is C9H16N4. The van der Waals surface area contributed by atoms with E-state index in [-0.39, 0.29) is 5.84 Å². The third-order valence-electron chi connectivity index (χ3n) is 2.20. The smallest absolute Gasteiger partial charge is 0.163 e. The first-order valence-corrected chi connectivity index (χ1v) is 4.61. The summed E-state index contributed by atoms with van der Waals surface area (Å²) in [6.07, 6.45) is 5.53. The average Bonchev–Trinajstić information content (AvgIpc) is 2.14. The Morgan fingerprint density at radius 3 is 3.08 bits per heavy atom. The maximum atomic E-state index is 6.82. The fourth-order valence-electron chi connectivity index (χ4n) is 1.51. The van der Waals surface area contributed by atoms with Gasteiger partial charge in [-0.25, -0.2) is 0 Å². The second kappa shape index (κ2) is 4.74. The van der Waals surface area contributed by atoms with E-state index < -0.39 is 0 Å². The molecule has 13 heavy (non-hydrogen) atoms. The second-order valence-electron chi connectivity index (χ2n) is 3.54. The van der Waals surface area contributed by atoms with Crippen LogP contribution in [0.2, 0.25) is 0 Å². The summed E-state index contributed by atoms with van der Waals surface area (Å²) in [7, 11) is 0. The van der Waals surface area contributed by atoms with E-state index in [0.717, 1.165) is 24.8 Å². The lowest BCUT2D eigenvalue weighted by Gasteiger charge is -2.17. The highest BCUT2D eigenvalue weighted by Gasteiger charge is 2.13. The van der Waals surface area contributed by atoms with E-state index in [4.69, 9.17) is 11.1 Å². The van der Waals surface area contributed by atoms with Crippen LogP contribution in [0.3, 0.4) is 0 Å². The first-order valence-electron chi connectivity index (χ1n) is 4.61. The highest BCUT2D eigenvalue weighted by Crippen LogP contribution is 2.21. The molecule has 0 bridgehead atoms. The Morgan fingerprint density at radius 1 is 1.69 bits per heavy atom. The summed E-state index contributed by atoms with van der Waals surface area (Å²) in [6, 6.07) is 0. The lowest BCUT2D eigenvalue weighted by molar-refractivity contribution is 0.499. The molecule has 1 unspecified atom stereocenters. The highest BCUT2D eigenvalue weighted by atomic mass is 15.2. The van der Waals surface area contributed by atoms with Crippen LogP contribution >= 0.6 is 0 Å². The van der Waals surface area contributed by atoms with E-state index in [2.05, 4.69) is 17.1 Å². The van der Waals surface area contributed by atoms with Gasteiger partial charge in [-0.3, -0.25) is 0 Å². The van der Waals surface area contributed by atoms with Crippen LogP contribution < -0.4 is 5.73 Å². The zero-order valence-electron chi connectivity index (χ0n) is 7.95. The van der Waals surface area contributed by atoms with Gasteiger partial charge in [-0.1, -0.05) is 6.92 Å². The quantitative estimate of drug-likeness (QED) is 0.377. The number of nitrogens with one attached hydrogen (secondary N) is 1. The van der Waals surface area contributed by atoms with Crippen molar-refractivity contribution in [2.75, 3.05) is 0 Å². The molecule has 1 saturated carbocycles. The molecule has 0 aromatic rings.